The van der Waals surface area contributed by atoms with Crippen LogP contribution >= 0.6 is 0 Å². The number of ether oxygens (including phenoxy) is 1. The van der Waals surface area contributed by atoms with Crippen LogP contribution in [0.15, 0.2) is 85.5 Å². The largest absolute Gasteiger partial charge is 0.455 e. The van der Waals surface area contributed by atoms with Crippen molar-refractivity contribution in [3.63, 3.8) is 0 Å². The highest BCUT2D eigenvalue weighted by atomic mass is 16.5. The van der Waals surface area contributed by atoms with Crippen molar-refractivity contribution in [2.75, 3.05) is 4.90 Å². The van der Waals surface area contributed by atoms with Crippen LogP contribution in [-0.2, 0) is 9.53 Å². The van der Waals surface area contributed by atoms with E-state index in [9.17, 15) is 4.79 Å². The lowest BCUT2D eigenvalue weighted by molar-refractivity contribution is -0.142. The molecule has 0 aliphatic rings. The summed E-state index contributed by atoms with van der Waals surface area (Å²) in [5, 5.41) is 0. The number of esters is 1. The number of hydrogen-bond acceptors (Lipinski definition) is 3. The Labute approximate surface area is 166 Å². The van der Waals surface area contributed by atoms with Crippen LogP contribution in [0.2, 0.25) is 0 Å². The van der Waals surface area contributed by atoms with Crippen LogP contribution in [0.5, 0.6) is 0 Å². The van der Waals surface area contributed by atoms with E-state index in [0.717, 1.165) is 22.6 Å². The van der Waals surface area contributed by atoms with Gasteiger partial charge in [0.2, 0.25) is 0 Å². The molecule has 0 bridgehead atoms. The fourth-order valence-corrected chi connectivity index (χ4v) is 3.02. The van der Waals surface area contributed by atoms with Gasteiger partial charge < -0.3 is 9.64 Å². The van der Waals surface area contributed by atoms with Crippen molar-refractivity contribution in [3.8, 4) is 0 Å². The van der Waals surface area contributed by atoms with E-state index in [4.69, 9.17) is 4.74 Å². The fourth-order valence-electron chi connectivity index (χ4n) is 3.02. The lowest BCUT2D eigenvalue weighted by Crippen LogP contribution is -2.10. The molecule has 3 aromatic rings. The summed E-state index contributed by atoms with van der Waals surface area (Å²) in [6.07, 6.45) is 0.855. The summed E-state index contributed by atoms with van der Waals surface area (Å²) >= 11 is 0. The first kappa shape index (κ1) is 19.4. The third-order valence-electron chi connectivity index (χ3n) is 4.66. The molecular formula is C25H25NO2. The highest BCUT2D eigenvalue weighted by molar-refractivity contribution is 5.81. The van der Waals surface area contributed by atoms with Gasteiger partial charge in [0.15, 0.2) is 0 Å². The SMILES string of the molecule is C=CC(=O)OC(C)c1ccc(N(c2ccc(C)cc2)c2ccc(C)cc2)cc1. The molecule has 0 spiro atoms. The number of nitrogens with zero attached hydrogens (tertiary/aromatic N) is 1. The highest BCUT2D eigenvalue weighted by Gasteiger charge is 2.14. The summed E-state index contributed by atoms with van der Waals surface area (Å²) in [6, 6.07) is 25.0. The van der Waals surface area contributed by atoms with Crippen molar-refractivity contribution < 1.29 is 9.53 Å². The van der Waals surface area contributed by atoms with E-state index in [0.29, 0.717) is 0 Å². The Morgan fingerprint density at radius 3 is 1.61 bits per heavy atom. The van der Waals surface area contributed by atoms with Gasteiger partial charge in [-0.25, -0.2) is 4.79 Å². The van der Waals surface area contributed by atoms with E-state index < -0.39 is 5.97 Å². The molecule has 0 aromatic heterocycles. The molecule has 0 amide bonds. The molecule has 0 aliphatic carbocycles. The van der Waals surface area contributed by atoms with Gasteiger partial charge in [0.25, 0.3) is 0 Å². The number of anilines is 3. The summed E-state index contributed by atoms with van der Waals surface area (Å²) in [6.45, 7) is 9.47. The average Bonchev–Trinajstić information content (AvgIpc) is 2.71. The van der Waals surface area contributed by atoms with Gasteiger partial charge in [0.05, 0.1) is 0 Å². The first-order chi connectivity index (χ1) is 13.5. The van der Waals surface area contributed by atoms with E-state index in [1.165, 1.54) is 17.2 Å². The van der Waals surface area contributed by atoms with Gasteiger partial charge in [-0.05, 0) is 62.7 Å². The molecule has 3 aromatic carbocycles. The Kier molecular flexibility index (Phi) is 5.95. The molecule has 0 heterocycles. The molecule has 0 aliphatic heterocycles. The number of hydrogen-bond donors (Lipinski definition) is 0. The molecule has 3 heteroatoms. The first-order valence-corrected chi connectivity index (χ1v) is 9.34. The minimum absolute atomic E-state index is 0.327. The molecule has 142 valence electrons. The maximum atomic E-state index is 11.4. The molecule has 3 rings (SSSR count). The third-order valence-corrected chi connectivity index (χ3v) is 4.66. The van der Waals surface area contributed by atoms with Gasteiger partial charge >= 0.3 is 5.97 Å². The van der Waals surface area contributed by atoms with Crippen LogP contribution < -0.4 is 4.90 Å². The minimum Gasteiger partial charge on any atom is -0.455 e. The van der Waals surface area contributed by atoms with Crippen LogP contribution in [0.4, 0.5) is 17.1 Å². The number of aryl methyl sites for hydroxylation is 2. The Bertz CT molecular complexity index is 896. The standard InChI is InChI=1S/C25H25NO2/c1-5-25(27)28-20(4)21-10-16-24(17-11-21)26(22-12-6-18(2)7-13-22)23-14-8-19(3)9-15-23/h5-17,20H,1H2,2-4H3. The van der Waals surface area contributed by atoms with E-state index in [1.54, 1.807) is 0 Å². The second-order valence-corrected chi connectivity index (χ2v) is 6.88. The van der Waals surface area contributed by atoms with Gasteiger partial charge in [-0.2, -0.15) is 0 Å². The molecule has 0 saturated carbocycles. The quantitative estimate of drug-likeness (QED) is 0.363. The molecular weight excluding hydrogens is 346 g/mol. The van der Waals surface area contributed by atoms with Crippen molar-refractivity contribution >= 4 is 23.0 Å². The molecule has 1 atom stereocenters. The lowest BCUT2D eigenvalue weighted by atomic mass is 10.1. The predicted octanol–water partition coefficient (Wildman–Crippen LogP) is 6.56. The minimum atomic E-state index is -0.419. The summed E-state index contributed by atoms with van der Waals surface area (Å²) in [7, 11) is 0. The number of rotatable bonds is 6. The van der Waals surface area contributed by atoms with E-state index >= 15 is 0 Å². The monoisotopic (exact) mass is 371 g/mol. The Morgan fingerprint density at radius 2 is 1.21 bits per heavy atom. The maximum Gasteiger partial charge on any atom is 0.330 e. The highest BCUT2D eigenvalue weighted by Crippen LogP contribution is 2.35. The predicted molar refractivity (Wildman–Crippen MR) is 115 cm³/mol. The van der Waals surface area contributed by atoms with Crippen molar-refractivity contribution in [2.24, 2.45) is 0 Å². The fraction of sp³-hybridized carbons (Fsp3) is 0.160. The van der Waals surface area contributed by atoms with Gasteiger partial charge in [0, 0.05) is 23.1 Å². The van der Waals surface area contributed by atoms with E-state index in [2.05, 4.69) is 73.9 Å². The topological polar surface area (TPSA) is 29.5 Å². The molecule has 0 saturated heterocycles. The Morgan fingerprint density at radius 1 is 0.821 bits per heavy atom. The van der Waals surface area contributed by atoms with Gasteiger partial charge in [-0.3, -0.25) is 0 Å². The van der Waals surface area contributed by atoms with Gasteiger partial charge in [-0.1, -0.05) is 54.1 Å². The second-order valence-electron chi connectivity index (χ2n) is 6.88. The van der Waals surface area contributed by atoms with Crippen molar-refractivity contribution in [3.05, 3.63) is 102 Å². The van der Waals surface area contributed by atoms with E-state index in [1.807, 2.05) is 31.2 Å². The molecule has 28 heavy (non-hydrogen) atoms. The van der Waals surface area contributed by atoms with Gasteiger partial charge in [-0.15, -0.1) is 0 Å². The average molecular weight is 371 g/mol. The Hall–Kier alpha value is -3.33. The number of carbonyl (C=O) groups is 1. The summed E-state index contributed by atoms with van der Waals surface area (Å²) in [4.78, 5) is 13.7. The summed E-state index contributed by atoms with van der Waals surface area (Å²) in [5.74, 6) is -0.419. The molecule has 0 radical (unpaired) electrons. The van der Waals surface area contributed by atoms with Crippen molar-refractivity contribution in [1.29, 1.82) is 0 Å². The van der Waals surface area contributed by atoms with Crippen LogP contribution in [0, 0.1) is 13.8 Å². The zero-order valence-corrected chi connectivity index (χ0v) is 16.6. The maximum absolute atomic E-state index is 11.4. The van der Waals surface area contributed by atoms with Crippen LogP contribution in [-0.4, -0.2) is 5.97 Å². The number of carbonyl (C=O) groups excluding carboxylic acids is 1. The smallest absolute Gasteiger partial charge is 0.330 e. The van der Waals surface area contributed by atoms with Gasteiger partial charge in [0.1, 0.15) is 6.10 Å². The first-order valence-electron chi connectivity index (χ1n) is 9.34. The molecule has 0 fully saturated rings. The van der Waals surface area contributed by atoms with E-state index in [-0.39, 0.29) is 6.10 Å². The third kappa shape index (κ3) is 4.49. The van der Waals surface area contributed by atoms with Crippen molar-refractivity contribution in [1.82, 2.24) is 0 Å². The van der Waals surface area contributed by atoms with Crippen molar-refractivity contribution in [2.45, 2.75) is 26.9 Å². The number of benzene rings is 3. The van der Waals surface area contributed by atoms with Crippen LogP contribution in [0.25, 0.3) is 0 Å². The zero-order chi connectivity index (χ0) is 20.1. The normalized spacial score (nSPS) is 11.5. The van der Waals surface area contributed by atoms with Crippen LogP contribution in [0.3, 0.4) is 0 Å². The summed E-state index contributed by atoms with van der Waals surface area (Å²) in [5.41, 5.74) is 6.61. The lowest BCUT2D eigenvalue weighted by Gasteiger charge is -2.26. The van der Waals surface area contributed by atoms with Crippen LogP contribution in [0.1, 0.15) is 29.7 Å². The molecule has 0 N–H and O–H groups in total. The second kappa shape index (κ2) is 8.57. The zero-order valence-electron chi connectivity index (χ0n) is 16.6. The summed E-state index contributed by atoms with van der Waals surface area (Å²) < 4.78 is 5.31. The molecule has 3 nitrogen and oxygen atoms in total. The Balaban J connectivity index is 1.96. The molecule has 1 unspecified atom stereocenters.